The van der Waals surface area contributed by atoms with Gasteiger partial charge in [-0.3, -0.25) is 10.1 Å². The molecule has 0 aliphatic carbocycles. The van der Waals surface area contributed by atoms with Crippen molar-refractivity contribution >= 4 is 17.3 Å². The van der Waals surface area contributed by atoms with E-state index < -0.39 is 10.7 Å². The summed E-state index contributed by atoms with van der Waals surface area (Å²) in [6.07, 6.45) is 0. The Kier molecular flexibility index (Phi) is 6.42. The monoisotopic (exact) mass is 321 g/mol. The zero-order valence-corrected chi connectivity index (χ0v) is 14.1. The van der Waals surface area contributed by atoms with Gasteiger partial charge >= 0.3 is 29.6 Å². The van der Waals surface area contributed by atoms with E-state index in [4.69, 9.17) is 21.1 Å². The van der Waals surface area contributed by atoms with Crippen LogP contribution in [0.4, 0.5) is 10.1 Å². The van der Waals surface area contributed by atoms with Crippen molar-refractivity contribution in [1.29, 1.82) is 0 Å². The molecule has 2 rings (SSSR count). The number of rotatable bonds is 4. The van der Waals surface area contributed by atoms with E-state index in [2.05, 4.69) is 0 Å². The van der Waals surface area contributed by atoms with Crippen LogP contribution in [0.15, 0.2) is 36.4 Å². The Morgan fingerprint density at radius 3 is 2.43 bits per heavy atom. The van der Waals surface area contributed by atoms with Crippen LogP contribution in [0.3, 0.4) is 0 Å². The first kappa shape index (κ1) is 17.7. The number of nitrogens with zero attached hydrogens (tertiary/aromatic N) is 1. The van der Waals surface area contributed by atoms with Gasteiger partial charge in [-0.25, -0.2) is 4.39 Å². The minimum atomic E-state index is -0.571. The van der Waals surface area contributed by atoms with Gasteiger partial charge in [0.15, 0.2) is 11.5 Å². The molecule has 0 spiro atoms. The maximum absolute atomic E-state index is 13.2. The standard InChI is InChI=1S/C13H9ClFNO4.Na.H/c1-19-12-4-2-8(15)6-13(12)20-11-5-3-9(16(17)18)7-10(11)14;;/h2-7H,1H3;;/q;+1;-1. The topological polar surface area (TPSA) is 61.6 Å². The second-order valence-electron chi connectivity index (χ2n) is 3.77. The average Bonchev–Trinajstić information content (AvgIpc) is 2.41. The summed E-state index contributed by atoms with van der Waals surface area (Å²) in [5.74, 6) is 0.115. The van der Waals surface area contributed by atoms with E-state index in [0.717, 1.165) is 12.1 Å². The molecule has 106 valence electrons. The van der Waals surface area contributed by atoms with E-state index in [1.165, 1.54) is 31.4 Å². The van der Waals surface area contributed by atoms with Crippen molar-refractivity contribution in [3.8, 4) is 17.2 Å². The molecule has 0 aliphatic heterocycles. The Hall–Kier alpha value is -1.34. The summed E-state index contributed by atoms with van der Waals surface area (Å²) in [4.78, 5) is 10.0. The van der Waals surface area contributed by atoms with Crippen molar-refractivity contribution in [1.82, 2.24) is 0 Å². The molecule has 21 heavy (non-hydrogen) atoms. The summed E-state index contributed by atoms with van der Waals surface area (Å²) in [6, 6.07) is 7.50. The van der Waals surface area contributed by atoms with Crippen molar-refractivity contribution in [2.75, 3.05) is 7.11 Å². The molecular formula is C13H10ClFNNaO4. The normalized spacial score (nSPS) is 9.67. The number of nitro groups is 1. The number of nitro benzene ring substituents is 1. The summed E-state index contributed by atoms with van der Waals surface area (Å²) >= 11 is 5.89. The van der Waals surface area contributed by atoms with Crippen LogP contribution in [0.2, 0.25) is 5.02 Å². The number of hydrogen-bond acceptors (Lipinski definition) is 4. The maximum Gasteiger partial charge on any atom is 1.00 e. The van der Waals surface area contributed by atoms with Gasteiger partial charge in [0, 0.05) is 18.2 Å². The molecule has 8 heteroatoms. The molecule has 0 atom stereocenters. The van der Waals surface area contributed by atoms with E-state index in [1.54, 1.807) is 0 Å². The number of hydrogen-bond donors (Lipinski definition) is 0. The predicted molar refractivity (Wildman–Crippen MR) is 72.2 cm³/mol. The summed E-state index contributed by atoms with van der Waals surface area (Å²) < 4.78 is 23.7. The van der Waals surface area contributed by atoms with E-state index in [-0.39, 0.29) is 53.2 Å². The quantitative estimate of drug-likeness (QED) is 0.484. The SMILES string of the molecule is COc1ccc(F)cc1Oc1ccc([N+](=O)[O-])cc1Cl.[H-].[Na+]. The molecule has 0 amide bonds. The summed E-state index contributed by atoms with van der Waals surface area (Å²) in [5, 5.41) is 10.7. The molecule has 0 saturated carbocycles. The summed E-state index contributed by atoms with van der Waals surface area (Å²) in [7, 11) is 1.41. The Morgan fingerprint density at radius 2 is 1.86 bits per heavy atom. The minimum absolute atomic E-state index is 0. The molecular weight excluding hydrogens is 312 g/mol. The van der Waals surface area contributed by atoms with Gasteiger partial charge in [-0.15, -0.1) is 0 Å². The third-order valence-corrected chi connectivity index (χ3v) is 2.77. The average molecular weight is 322 g/mol. The van der Waals surface area contributed by atoms with Gasteiger partial charge in [-0.2, -0.15) is 0 Å². The molecule has 5 nitrogen and oxygen atoms in total. The van der Waals surface area contributed by atoms with Gasteiger partial charge in [0.2, 0.25) is 0 Å². The molecule has 2 aromatic carbocycles. The van der Waals surface area contributed by atoms with E-state index >= 15 is 0 Å². The Balaban J connectivity index is 0.00000220. The molecule has 0 aliphatic rings. The molecule has 0 unspecified atom stereocenters. The van der Waals surface area contributed by atoms with Gasteiger partial charge in [-0.1, -0.05) is 11.6 Å². The predicted octanol–water partition coefficient (Wildman–Crippen LogP) is 1.30. The number of non-ortho nitro benzene ring substituents is 1. The van der Waals surface area contributed by atoms with Crippen LogP contribution in [0.1, 0.15) is 1.43 Å². The number of methoxy groups -OCH3 is 1. The van der Waals surface area contributed by atoms with Crippen LogP contribution in [0.25, 0.3) is 0 Å². The van der Waals surface area contributed by atoms with Gasteiger partial charge in [0.05, 0.1) is 17.1 Å². The Morgan fingerprint density at radius 1 is 1.19 bits per heavy atom. The third kappa shape index (κ3) is 4.31. The van der Waals surface area contributed by atoms with Crippen molar-refractivity contribution in [3.63, 3.8) is 0 Å². The van der Waals surface area contributed by atoms with Gasteiger partial charge in [-0.05, 0) is 18.2 Å². The maximum atomic E-state index is 13.2. The Labute approximate surface area is 148 Å². The zero-order chi connectivity index (χ0) is 14.7. The Bertz CT molecular complexity index is 674. The minimum Gasteiger partial charge on any atom is -1.00 e. The summed E-state index contributed by atoms with van der Waals surface area (Å²) in [5.41, 5.74) is -0.159. The molecule has 2 aromatic rings. The van der Waals surface area contributed by atoms with Crippen LogP contribution < -0.4 is 39.0 Å². The molecule has 0 radical (unpaired) electrons. The van der Waals surface area contributed by atoms with E-state index in [1.807, 2.05) is 0 Å². The van der Waals surface area contributed by atoms with Crippen molar-refractivity contribution in [3.05, 3.63) is 57.4 Å². The van der Waals surface area contributed by atoms with Crippen LogP contribution in [-0.4, -0.2) is 12.0 Å². The molecule has 0 saturated heterocycles. The second-order valence-corrected chi connectivity index (χ2v) is 4.18. The molecule has 0 bridgehead atoms. The first-order chi connectivity index (χ1) is 9.51. The molecule has 0 aromatic heterocycles. The first-order valence-corrected chi connectivity index (χ1v) is 5.84. The van der Waals surface area contributed by atoms with Crippen LogP contribution in [-0.2, 0) is 0 Å². The van der Waals surface area contributed by atoms with Gasteiger partial charge in [0.25, 0.3) is 5.69 Å². The van der Waals surface area contributed by atoms with Crippen molar-refractivity contribution in [2.24, 2.45) is 0 Å². The van der Waals surface area contributed by atoms with Crippen LogP contribution in [0, 0.1) is 15.9 Å². The van der Waals surface area contributed by atoms with Crippen LogP contribution >= 0.6 is 11.6 Å². The largest absolute Gasteiger partial charge is 1.00 e. The smallest absolute Gasteiger partial charge is 1.00 e. The van der Waals surface area contributed by atoms with Crippen molar-refractivity contribution in [2.45, 2.75) is 0 Å². The first-order valence-electron chi connectivity index (χ1n) is 5.46. The summed E-state index contributed by atoms with van der Waals surface area (Å²) in [6.45, 7) is 0. The molecule has 0 heterocycles. The third-order valence-electron chi connectivity index (χ3n) is 2.47. The molecule has 0 N–H and O–H groups in total. The zero-order valence-electron chi connectivity index (χ0n) is 12.3. The fourth-order valence-corrected chi connectivity index (χ4v) is 1.75. The fourth-order valence-electron chi connectivity index (χ4n) is 1.53. The van der Waals surface area contributed by atoms with Crippen molar-refractivity contribution < 1.29 is 49.8 Å². The second kappa shape index (κ2) is 7.61. The van der Waals surface area contributed by atoms with Crippen LogP contribution in [0.5, 0.6) is 17.2 Å². The number of ether oxygens (including phenoxy) is 2. The van der Waals surface area contributed by atoms with E-state index in [0.29, 0.717) is 5.75 Å². The van der Waals surface area contributed by atoms with Gasteiger partial charge in [0.1, 0.15) is 11.6 Å². The number of benzene rings is 2. The molecule has 0 fully saturated rings. The fraction of sp³-hybridized carbons (Fsp3) is 0.0769. The van der Waals surface area contributed by atoms with Gasteiger partial charge < -0.3 is 10.9 Å². The van der Waals surface area contributed by atoms with E-state index in [9.17, 15) is 14.5 Å². The number of halogens is 2.